The van der Waals surface area contributed by atoms with E-state index in [0.29, 0.717) is 25.9 Å². The highest BCUT2D eigenvalue weighted by Crippen LogP contribution is 2.37. The van der Waals surface area contributed by atoms with E-state index in [4.69, 9.17) is 10.6 Å². The van der Waals surface area contributed by atoms with Crippen LogP contribution in [0.1, 0.15) is 44.9 Å². The predicted molar refractivity (Wildman–Crippen MR) is 65.5 cm³/mol. The molecule has 0 amide bonds. The van der Waals surface area contributed by atoms with Gasteiger partial charge < -0.3 is 15.7 Å². The zero-order chi connectivity index (χ0) is 13.4. The van der Waals surface area contributed by atoms with Gasteiger partial charge in [-0.25, -0.2) is 4.79 Å². The van der Waals surface area contributed by atoms with Crippen molar-refractivity contribution < 1.29 is 19.5 Å². The van der Waals surface area contributed by atoms with Crippen LogP contribution in [0.25, 0.3) is 0 Å². The first-order valence-corrected chi connectivity index (χ1v) is 6.51. The number of rotatable bonds is 7. The van der Waals surface area contributed by atoms with E-state index in [1.807, 2.05) is 0 Å². The van der Waals surface area contributed by atoms with E-state index >= 15 is 0 Å². The van der Waals surface area contributed by atoms with E-state index < -0.39 is 17.4 Å². The molecule has 18 heavy (non-hydrogen) atoms. The van der Waals surface area contributed by atoms with E-state index in [0.717, 1.165) is 32.1 Å². The molecule has 1 fully saturated rings. The van der Waals surface area contributed by atoms with Crippen LogP contribution in [0.3, 0.4) is 0 Å². The lowest BCUT2D eigenvalue weighted by Crippen LogP contribution is -2.44. The SMILES string of the molecule is NCCCCNOC(=O)C1(C(=O)O)CCCCC1. The number of carboxylic acids is 1. The van der Waals surface area contributed by atoms with Crippen molar-refractivity contribution in [2.75, 3.05) is 13.1 Å². The van der Waals surface area contributed by atoms with Gasteiger partial charge in [-0.1, -0.05) is 19.3 Å². The van der Waals surface area contributed by atoms with Crippen molar-refractivity contribution in [3.63, 3.8) is 0 Å². The minimum absolute atomic E-state index is 0.367. The number of carboxylic acid groups (broad SMARTS) is 1. The maximum atomic E-state index is 11.9. The Hall–Kier alpha value is -1.14. The van der Waals surface area contributed by atoms with Crippen LogP contribution in [0.4, 0.5) is 0 Å². The standard InChI is InChI=1S/C12H22N2O4/c13-8-4-5-9-14-18-11(17)12(10(15)16)6-2-1-3-7-12/h14H,1-9,13H2,(H,15,16). The second-order valence-electron chi connectivity index (χ2n) is 4.73. The van der Waals surface area contributed by atoms with Gasteiger partial charge >= 0.3 is 11.9 Å². The first-order valence-electron chi connectivity index (χ1n) is 6.51. The van der Waals surface area contributed by atoms with Crippen molar-refractivity contribution >= 4 is 11.9 Å². The Morgan fingerprint density at radius 2 is 1.89 bits per heavy atom. The fraction of sp³-hybridized carbons (Fsp3) is 0.833. The first-order chi connectivity index (χ1) is 8.63. The molecule has 6 heteroatoms. The molecule has 0 heterocycles. The monoisotopic (exact) mass is 258 g/mol. The lowest BCUT2D eigenvalue weighted by molar-refractivity contribution is -0.176. The number of carbonyl (C=O) groups is 2. The summed E-state index contributed by atoms with van der Waals surface area (Å²) >= 11 is 0. The molecule has 0 unspecified atom stereocenters. The number of nitrogens with one attached hydrogen (secondary N) is 1. The van der Waals surface area contributed by atoms with Gasteiger partial charge in [-0.3, -0.25) is 4.79 Å². The molecule has 0 aromatic rings. The average Bonchev–Trinajstić information content (AvgIpc) is 2.39. The molecule has 0 spiro atoms. The molecule has 1 saturated carbocycles. The predicted octanol–water partition coefficient (Wildman–Crippen LogP) is 0.808. The Kier molecular flexibility index (Phi) is 6.07. The lowest BCUT2D eigenvalue weighted by atomic mass is 9.74. The largest absolute Gasteiger partial charge is 0.480 e. The molecule has 0 atom stereocenters. The van der Waals surface area contributed by atoms with Gasteiger partial charge in [0.05, 0.1) is 0 Å². The molecule has 104 valence electrons. The van der Waals surface area contributed by atoms with Crippen LogP contribution in [0.5, 0.6) is 0 Å². The van der Waals surface area contributed by atoms with Crippen molar-refractivity contribution in [1.82, 2.24) is 5.48 Å². The second kappa shape index (κ2) is 7.33. The summed E-state index contributed by atoms with van der Waals surface area (Å²) in [5.74, 6) is -1.74. The van der Waals surface area contributed by atoms with Crippen molar-refractivity contribution in [2.24, 2.45) is 11.1 Å². The summed E-state index contributed by atoms with van der Waals surface area (Å²) in [7, 11) is 0. The lowest BCUT2D eigenvalue weighted by Gasteiger charge is -2.30. The molecule has 4 N–H and O–H groups in total. The van der Waals surface area contributed by atoms with Crippen molar-refractivity contribution in [1.29, 1.82) is 0 Å². The van der Waals surface area contributed by atoms with Crippen LogP contribution in [-0.2, 0) is 14.4 Å². The fourth-order valence-electron chi connectivity index (χ4n) is 2.22. The van der Waals surface area contributed by atoms with E-state index in [9.17, 15) is 14.7 Å². The van der Waals surface area contributed by atoms with Crippen LogP contribution >= 0.6 is 0 Å². The van der Waals surface area contributed by atoms with E-state index in [2.05, 4.69) is 5.48 Å². The molecule has 6 nitrogen and oxygen atoms in total. The molecule has 1 aliphatic carbocycles. The highest BCUT2D eigenvalue weighted by atomic mass is 16.7. The summed E-state index contributed by atoms with van der Waals surface area (Å²) in [6.07, 6.45) is 4.87. The molecule has 0 aromatic heterocycles. The highest BCUT2D eigenvalue weighted by molar-refractivity contribution is 5.99. The number of hydrogen-bond donors (Lipinski definition) is 3. The van der Waals surface area contributed by atoms with Gasteiger partial charge in [0, 0.05) is 6.54 Å². The minimum atomic E-state index is -1.35. The normalized spacial score (nSPS) is 18.3. The van der Waals surface area contributed by atoms with Gasteiger partial charge in [-0.05, 0) is 32.2 Å². The van der Waals surface area contributed by atoms with Crippen LogP contribution in [0, 0.1) is 5.41 Å². The van der Waals surface area contributed by atoms with E-state index in [1.165, 1.54) is 0 Å². The second-order valence-corrected chi connectivity index (χ2v) is 4.73. The van der Waals surface area contributed by atoms with E-state index in [-0.39, 0.29) is 0 Å². The van der Waals surface area contributed by atoms with Crippen LogP contribution < -0.4 is 11.2 Å². The third-order valence-electron chi connectivity index (χ3n) is 3.41. The van der Waals surface area contributed by atoms with Gasteiger partial charge in [-0.15, -0.1) is 0 Å². The molecule has 1 aliphatic rings. The van der Waals surface area contributed by atoms with Crippen molar-refractivity contribution in [2.45, 2.75) is 44.9 Å². The summed E-state index contributed by atoms with van der Waals surface area (Å²) in [5, 5.41) is 9.25. The Balaban J connectivity index is 2.43. The topological polar surface area (TPSA) is 102 Å². The molecule has 0 aromatic carbocycles. The third kappa shape index (κ3) is 3.68. The number of hydroxylamine groups is 1. The first kappa shape index (κ1) is 14.9. The van der Waals surface area contributed by atoms with Gasteiger partial charge in [0.1, 0.15) is 0 Å². The number of aliphatic carboxylic acids is 1. The molecule has 0 radical (unpaired) electrons. The van der Waals surface area contributed by atoms with Crippen molar-refractivity contribution in [3.8, 4) is 0 Å². The Labute approximate surface area is 107 Å². The summed E-state index contributed by atoms with van der Waals surface area (Å²) in [6, 6.07) is 0. The Bertz CT molecular complexity index is 288. The molecule has 0 saturated heterocycles. The van der Waals surface area contributed by atoms with Crippen molar-refractivity contribution in [3.05, 3.63) is 0 Å². The highest BCUT2D eigenvalue weighted by Gasteiger charge is 2.48. The number of nitrogens with two attached hydrogens (primary N) is 1. The Morgan fingerprint density at radius 3 is 2.44 bits per heavy atom. The van der Waals surface area contributed by atoms with Crippen LogP contribution in [0.2, 0.25) is 0 Å². The van der Waals surface area contributed by atoms with Gasteiger partial charge in [0.2, 0.25) is 0 Å². The van der Waals surface area contributed by atoms with Crippen LogP contribution in [-0.4, -0.2) is 30.1 Å². The third-order valence-corrected chi connectivity index (χ3v) is 3.41. The summed E-state index contributed by atoms with van der Waals surface area (Å²) in [4.78, 5) is 28.1. The minimum Gasteiger partial charge on any atom is -0.480 e. The maximum absolute atomic E-state index is 11.9. The summed E-state index contributed by atoms with van der Waals surface area (Å²) in [5.41, 5.74) is 6.52. The fourth-order valence-corrected chi connectivity index (χ4v) is 2.22. The van der Waals surface area contributed by atoms with Gasteiger partial charge in [0.15, 0.2) is 5.41 Å². The molecule has 1 rings (SSSR count). The zero-order valence-corrected chi connectivity index (χ0v) is 10.6. The number of carbonyl (C=O) groups excluding carboxylic acids is 1. The quantitative estimate of drug-likeness (QED) is 0.355. The zero-order valence-electron chi connectivity index (χ0n) is 10.6. The molecular formula is C12H22N2O4. The smallest absolute Gasteiger partial charge is 0.342 e. The van der Waals surface area contributed by atoms with Crippen LogP contribution in [0.15, 0.2) is 0 Å². The van der Waals surface area contributed by atoms with Gasteiger partial charge in [-0.2, -0.15) is 5.48 Å². The molecule has 0 aliphatic heterocycles. The van der Waals surface area contributed by atoms with E-state index in [1.54, 1.807) is 0 Å². The molecule has 0 bridgehead atoms. The van der Waals surface area contributed by atoms with Gasteiger partial charge in [0.25, 0.3) is 0 Å². The number of unbranched alkanes of at least 4 members (excludes halogenated alkanes) is 1. The average molecular weight is 258 g/mol. The maximum Gasteiger partial charge on any atom is 0.342 e. The molecular weight excluding hydrogens is 236 g/mol. The number of hydrogen-bond acceptors (Lipinski definition) is 5. The summed E-state index contributed by atoms with van der Waals surface area (Å²) in [6.45, 7) is 1.09. The summed E-state index contributed by atoms with van der Waals surface area (Å²) < 4.78 is 0. The Morgan fingerprint density at radius 1 is 1.22 bits per heavy atom.